The number of methoxy groups -OCH3 is 1. The summed E-state index contributed by atoms with van der Waals surface area (Å²) < 4.78 is 11.3. The van der Waals surface area contributed by atoms with Crippen LogP contribution in [0.1, 0.15) is 29.5 Å². The number of likely N-dealkylation sites (tertiary alicyclic amines) is 1. The van der Waals surface area contributed by atoms with Gasteiger partial charge in [0.2, 0.25) is 0 Å². The molecular formula is C25H30N2O2. The van der Waals surface area contributed by atoms with E-state index in [1.807, 2.05) is 12.1 Å². The molecule has 2 aromatic carbocycles. The Labute approximate surface area is 173 Å². The molecule has 1 fully saturated rings. The van der Waals surface area contributed by atoms with Crippen LogP contribution >= 0.6 is 0 Å². The summed E-state index contributed by atoms with van der Waals surface area (Å²) in [6, 6.07) is 16.2. The molecule has 2 aromatic rings. The highest BCUT2D eigenvalue weighted by Crippen LogP contribution is 2.30. The highest BCUT2D eigenvalue weighted by atomic mass is 16.5. The minimum Gasteiger partial charge on any atom is -0.497 e. The normalized spacial score (nSPS) is 21.8. The Balaban J connectivity index is 1.18. The Hall–Kier alpha value is -2.30. The molecule has 0 saturated carbocycles. The fourth-order valence-corrected chi connectivity index (χ4v) is 5.01. The minimum atomic E-state index is 0.556. The number of hydrogen-bond acceptors (Lipinski definition) is 4. The first kappa shape index (κ1) is 18.7. The Morgan fingerprint density at radius 3 is 2.76 bits per heavy atom. The molecule has 1 N–H and O–H groups in total. The predicted octanol–water partition coefficient (Wildman–Crippen LogP) is 3.69. The van der Waals surface area contributed by atoms with Gasteiger partial charge in [0, 0.05) is 30.7 Å². The Morgan fingerprint density at radius 1 is 1.14 bits per heavy atom. The second-order valence-electron chi connectivity index (χ2n) is 8.54. The van der Waals surface area contributed by atoms with E-state index in [1.54, 1.807) is 18.2 Å². The predicted molar refractivity (Wildman–Crippen MR) is 117 cm³/mol. The lowest BCUT2D eigenvalue weighted by Gasteiger charge is -2.37. The van der Waals surface area contributed by atoms with Gasteiger partial charge in [0.1, 0.15) is 18.1 Å². The van der Waals surface area contributed by atoms with E-state index >= 15 is 0 Å². The van der Waals surface area contributed by atoms with Crippen LogP contribution in [0.3, 0.4) is 0 Å². The van der Waals surface area contributed by atoms with Crippen LogP contribution in [-0.4, -0.2) is 50.3 Å². The fraction of sp³-hybridized carbons (Fsp3) is 0.440. The Kier molecular flexibility index (Phi) is 5.30. The standard InChI is InChI=1S/C25H30N2O2/c1-28-24-8-9-25-21(14-24)11-18(17-29-25)15-26-22-7-4-10-27(16-22)23-12-19-5-2-3-6-20(19)13-23/h2-3,5-6,8-9,11,14,22-23,26H,4,7,10,12-13,15-17H2,1H3. The number of hydrogen-bond donors (Lipinski definition) is 1. The molecule has 2 heterocycles. The maximum Gasteiger partial charge on any atom is 0.127 e. The average molecular weight is 391 g/mol. The summed E-state index contributed by atoms with van der Waals surface area (Å²) in [5, 5.41) is 3.80. The molecular weight excluding hydrogens is 360 g/mol. The number of fused-ring (bicyclic) bond motifs is 2. The molecule has 1 atom stereocenters. The Morgan fingerprint density at radius 2 is 1.97 bits per heavy atom. The largest absolute Gasteiger partial charge is 0.497 e. The summed E-state index contributed by atoms with van der Waals surface area (Å²) >= 11 is 0. The van der Waals surface area contributed by atoms with E-state index in [9.17, 15) is 0 Å². The lowest BCUT2D eigenvalue weighted by atomic mass is 10.0. The molecule has 152 valence electrons. The third kappa shape index (κ3) is 4.05. The van der Waals surface area contributed by atoms with Crippen molar-refractivity contribution in [1.29, 1.82) is 0 Å². The van der Waals surface area contributed by atoms with Gasteiger partial charge in [0.15, 0.2) is 0 Å². The van der Waals surface area contributed by atoms with Crippen molar-refractivity contribution < 1.29 is 9.47 Å². The zero-order valence-corrected chi connectivity index (χ0v) is 17.2. The van der Waals surface area contributed by atoms with Crippen LogP contribution in [0.5, 0.6) is 11.5 Å². The number of ether oxygens (including phenoxy) is 2. The van der Waals surface area contributed by atoms with Crippen LogP contribution in [0.25, 0.3) is 6.08 Å². The molecule has 4 nitrogen and oxygen atoms in total. The van der Waals surface area contributed by atoms with Crippen LogP contribution < -0.4 is 14.8 Å². The van der Waals surface area contributed by atoms with Crippen LogP contribution in [0.4, 0.5) is 0 Å². The van der Waals surface area contributed by atoms with Gasteiger partial charge in [-0.05, 0) is 73.2 Å². The number of nitrogens with one attached hydrogen (secondary N) is 1. The van der Waals surface area contributed by atoms with Gasteiger partial charge in [-0.25, -0.2) is 0 Å². The lowest BCUT2D eigenvalue weighted by molar-refractivity contribution is 0.141. The molecule has 0 aromatic heterocycles. The SMILES string of the molecule is COc1ccc2c(c1)C=C(CNC1CCCN(C3Cc4ccccc4C3)C1)CO2. The van der Waals surface area contributed by atoms with Crippen molar-refractivity contribution in [2.24, 2.45) is 0 Å². The van der Waals surface area contributed by atoms with Gasteiger partial charge in [-0.2, -0.15) is 0 Å². The maximum atomic E-state index is 5.94. The highest BCUT2D eigenvalue weighted by molar-refractivity contribution is 5.64. The monoisotopic (exact) mass is 390 g/mol. The lowest BCUT2D eigenvalue weighted by Crippen LogP contribution is -2.50. The first-order valence-corrected chi connectivity index (χ1v) is 10.8. The number of nitrogens with zero attached hydrogens (tertiary/aromatic N) is 1. The van der Waals surface area contributed by atoms with Crippen LogP contribution in [-0.2, 0) is 12.8 Å². The van der Waals surface area contributed by atoms with Gasteiger partial charge in [-0.3, -0.25) is 4.90 Å². The van der Waals surface area contributed by atoms with E-state index in [2.05, 4.69) is 46.6 Å². The second-order valence-corrected chi connectivity index (χ2v) is 8.54. The van der Waals surface area contributed by atoms with E-state index in [0.717, 1.165) is 30.2 Å². The van der Waals surface area contributed by atoms with E-state index in [4.69, 9.17) is 9.47 Å². The van der Waals surface area contributed by atoms with Crippen molar-refractivity contribution in [2.45, 2.75) is 37.8 Å². The van der Waals surface area contributed by atoms with Crippen LogP contribution in [0, 0.1) is 0 Å². The molecule has 0 radical (unpaired) electrons. The maximum absolute atomic E-state index is 5.94. The van der Waals surface area contributed by atoms with Gasteiger partial charge in [0.25, 0.3) is 0 Å². The van der Waals surface area contributed by atoms with Gasteiger partial charge in [0.05, 0.1) is 7.11 Å². The fourth-order valence-electron chi connectivity index (χ4n) is 5.01. The van der Waals surface area contributed by atoms with E-state index < -0.39 is 0 Å². The summed E-state index contributed by atoms with van der Waals surface area (Å²) in [5.41, 5.74) is 5.51. The van der Waals surface area contributed by atoms with Crippen molar-refractivity contribution in [3.05, 3.63) is 64.7 Å². The molecule has 3 aliphatic rings. The van der Waals surface area contributed by atoms with Gasteiger partial charge in [-0.1, -0.05) is 24.3 Å². The second kappa shape index (κ2) is 8.21. The number of piperidine rings is 1. The molecule has 5 rings (SSSR count). The molecule has 1 saturated heterocycles. The van der Waals surface area contributed by atoms with Crippen LogP contribution in [0.2, 0.25) is 0 Å². The van der Waals surface area contributed by atoms with E-state index in [1.165, 1.54) is 37.8 Å². The van der Waals surface area contributed by atoms with Crippen molar-refractivity contribution in [2.75, 3.05) is 33.4 Å². The number of rotatable bonds is 5. The van der Waals surface area contributed by atoms with Gasteiger partial charge < -0.3 is 14.8 Å². The van der Waals surface area contributed by atoms with Crippen molar-refractivity contribution in [3.63, 3.8) is 0 Å². The zero-order valence-electron chi connectivity index (χ0n) is 17.2. The highest BCUT2D eigenvalue weighted by Gasteiger charge is 2.30. The Bertz CT molecular complexity index is 882. The minimum absolute atomic E-state index is 0.556. The molecule has 1 unspecified atom stereocenters. The molecule has 29 heavy (non-hydrogen) atoms. The average Bonchev–Trinajstić information content (AvgIpc) is 3.22. The zero-order chi connectivity index (χ0) is 19.6. The van der Waals surface area contributed by atoms with Crippen LogP contribution in [0.15, 0.2) is 48.0 Å². The third-order valence-electron chi connectivity index (χ3n) is 6.61. The quantitative estimate of drug-likeness (QED) is 0.844. The first-order valence-electron chi connectivity index (χ1n) is 10.8. The summed E-state index contributed by atoms with van der Waals surface area (Å²) in [4.78, 5) is 2.72. The third-order valence-corrected chi connectivity index (χ3v) is 6.61. The molecule has 0 amide bonds. The van der Waals surface area contributed by atoms with Crippen molar-refractivity contribution >= 4 is 6.08 Å². The summed E-state index contributed by atoms with van der Waals surface area (Å²) in [6.07, 6.45) is 7.21. The smallest absolute Gasteiger partial charge is 0.127 e. The summed E-state index contributed by atoms with van der Waals surface area (Å²) in [7, 11) is 1.70. The van der Waals surface area contributed by atoms with Gasteiger partial charge >= 0.3 is 0 Å². The summed E-state index contributed by atoms with van der Waals surface area (Å²) in [5.74, 6) is 1.82. The summed E-state index contributed by atoms with van der Waals surface area (Å²) in [6.45, 7) is 3.94. The topological polar surface area (TPSA) is 33.7 Å². The van der Waals surface area contributed by atoms with Crippen molar-refractivity contribution in [1.82, 2.24) is 10.2 Å². The van der Waals surface area contributed by atoms with E-state index in [-0.39, 0.29) is 0 Å². The number of benzene rings is 2. The molecule has 0 spiro atoms. The van der Waals surface area contributed by atoms with E-state index in [0.29, 0.717) is 18.7 Å². The van der Waals surface area contributed by atoms with Crippen molar-refractivity contribution in [3.8, 4) is 11.5 Å². The van der Waals surface area contributed by atoms with Gasteiger partial charge in [-0.15, -0.1) is 0 Å². The molecule has 4 heteroatoms. The molecule has 2 aliphatic heterocycles. The first-order chi connectivity index (χ1) is 14.3. The molecule has 0 bridgehead atoms. The molecule has 1 aliphatic carbocycles.